The summed E-state index contributed by atoms with van der Waals surface area (Å²) in [7, 11) is 1.76. The minimum Gasteiger partial charge on any atom is -0.313 e. The van der Waals surface area contributed by atoms with Gasteiger partial charge in [0.15, 0.2) is 0 Å². The van der Waals surface area contributed by atoms with Crippen molar-refractivity contribution in [3.8, 4) is 0 Å². The summed E-state index contributed by atoms with van der Waals surface area (Å²) >= 11 is 0. The summed E-state index contributed by atoms with van der Waals surface area (Å²) in [4.78, 5) is 0. The summed E-state index contributed by atoms with van der Waals surface area (Å²) in [5.74, 6) is -1.55. The molecule has 0 bridgehead atoms. The van der Waals surface area contributed by atoms with Crippen molar-refractivity contribution in [2.24, 2.45) is 11.8 Å². The number of aryl methyl sites for hydroxylation is 1. The Balaban J connectivity index is 2.29. The van der Waals surface area contributed by atoms with Gasteiger partial charge in [-0.05, 0) is 38.3 Å². The van der Waals surface area contributed by atoms with Crippen molar-refractivity contribution in [3.05, 3.63) is 35.4 Å². The topological polar surface area (TPSA) is 12.0 Å². The first-order valence-electron chi connectivity index (χ1n) is 7.24. The largest absolute Gasteiger partial charge is 0.392 e. The smallest absolute Gasteiger partial charge is 0.313 e. The molecule has 2 rings (SSSR count). The van der Waals surface area contributed by atoms with Gasteiger partial charge >= 0.3 is 6.18 Å². The molecule has 0 radical (unpaired) electrons. The Morgan fingerprint density at radius 3 is 2.50 bits per heavy atom. The molecule has 0 aliphatic heterocycles. The van der Waals surface area contributed by atoms with Crippen molar-refractivity contribution in [1.82, 2.24) is 5.32 Å². The van der Waals surface area contributed by atoms with Gasteiger partial charge in [0, 0.05) is 6.04 Å². The van der Waals surface area contributed by atoms with Gasteiger partial charge in [0.25, 0.3) is 0 Å². The van der Waals surface area contributed by atoms with Crippen molar-refractivity contribution >= 4 is 0 Å². The van der Waals surface area contributed by atoms with Gasteiger partial charge < -0.3 is 5.32 Å². The van der Waals surface area contributed by atoms with E-state index in [1.165, 1.54) is 0 Å². The normalized spacial score (nSPS) is 25.4. The molecular formula is C16H22F3N. The third-order valence-corrected chi connectivity index (χ3v) is 4.38. The van der Waals surface area contributed by atoms with E-state index in [2.05, 4.69) is 5.32 Å². The second kappa shape index (κ2) is 6.17. The molecule has 1 aliphatic rings. The molecule has 1 aromatic rings. The number of hydrogen-bond acceptors (Lipinski definition) is 1. The van der Waals surface area contributed by atoms with Crippen molar-refractivity contribution in [1.29, 1.82) is 0 Å². The van der Waals surface area contributed by atoms with Gasteiger partial charge in [0.1, 0.15) is 0 Å². The molecule has 1 aliphatic carbocycles. The lowest BCUT2D eigenvalue weighted by Crippen LogP contribution is -2.39. The van der Waals surface area contributed by atoms with E-state index in [0.29, 0.717) is 12.8 Å². The molecule has 1 nitrogen and oxygen atoms in total. The molecule has 20 heavy (non-hydrogen) atoms. The highest BCUT2D eigenvalue weighted by atomic mass is 19.4. The lowest BCUT2D eigenvalue weighted by molar-refractivity contribution is -0.199. The van der Waals surface area contributed by atoms with E-state index in [-0.39, 0.29) is 18.4 Å². The molecule has 3 atom stereocenters. The minimum absolute atomic E-state index is 0.221. The van der Waals surface area contributed by atoms with Crippen LogP contribution in [0.1, 0.15) is 42.9 Å². The highest BCUT2D eigenvalue weighted by Gasteiger charge is 2.47. The van der Waals surface area contributed by atoms with Gasteiger partial charge in [-0.2, -0.15) is 13.2 Å². The average Bonchev–Trinajstić information content (AvgIpc) is 2.39. The van der Waals surface area contributed by atoms with Gasteiger partial charge in [-0.3, -0.25) is 0 Å². The highest BCUT2D eigenvalue weighted by molar-refractivity contribution is 5.26. The van der Waals surface area contributed by atoms with E-state index in [4.69, 9.17) is 0 Å². The Morgan fingerprint density at radius 2 is 1.90 bits per heavy atom. The second-order valence-electron chi connectivity index (χ2n) is 5.78. The Morgan fingerprint density at radius 1 is 1.20 bits per heavy atom. The predicted molar refractivity (Wildman–Crippen MR) is 74.5 cm³/mol. The van der Waals surface area contributed by atoms with E-state index in [1.807, 2.05) is 31.2 Å². The summed E-state index contributed by atoms with van der Waals surface area (Å²) < 4.78 is 39.8. The van der Waals surface area contributed by atoms with Crippen LogP contribution in [-0.2, 0) is 0 Å². The summed E-state index contributed by atoms with van der Waals surface area (Å²) in [5.41, 5.74) is 2.05. The van der Waals surface area contributed by atoms with Gasteiger partial charge in [-0.25, -0.2) is 0 Å². The van der Waals surface area contributed by atoms with E-state index in [0.717, 1.165) is 17.5 Å². The van der Waals surface area contributed by atoms with E-state index < -0.39 is 12.1 Å². The average molecular weight is 285 g/mol. The SMILES string of the molecule is CNC(c1cccc(C)c1)C1CCCCC1C(F)(F)F. The van der Waals surface area contributed by atoms with Gasteiger partial charge in [0.2, 0.25) is 0 Å². The third-order valence-electron chi connectivity index (χ3n) is 4.38. The fourth-order valence-electron chi connectivity index (χ4n) is 3.46. The van der Waals surface area contributed by atoms with Crippen LogP contribution in [0.15, 0.2) is 24.3 Å². The summed E-state index contributed by atoms with van der Waals surface area (Å²) in [6.07, 6.45) is -1.61. The van der Waals surface area contributed by atoms with Crippen LogP contribution in [0.5, 0.6) is 0 Å². The first-order valence-corrected chi connectivity index (χ1v) is 7.24. The molecule has 0 aromatic heterocycles. The van der Waals surface area contributed by atoms with Crippen LogP contribution in [0.25, 0.3) is 0 Å². The Labute approximate surface area is 118 Å². The number of benzene rings is 1. The Kier molecular flexibility index (Phi) is 4.74. The molecule has 0 amide bonds. The molecule has 3 unspecified atom stereocenters. The zero-order valence-electron chi connectivity index (χ0n) is 12.0. The maximum atomic E-state index is 13.3. The van der Waals surface area contributed by atoms with Crippen molar-refractivity contribution in [3.63, 3.8) is 0 Å². The maximum absolute atomic E-state index is 13.3. The predicted octanol–water partition coefficient (Wildman–Crippen LogP) is 4.62. The van der Waals surface area contributed by atoms with Gasteiger partial charge in [-0.1, -0.05) is 42.7 Å². The molecular weight excluding hydrogens is 263 g/mol. The Hall–Kier alpha value is -1.03. The summed E-state index contributed by atoms with van der Waals surface area (Å²) in [5, 5.41) is 3.12. The molecule has 1 saturated carbocycles. The zero-order valence-corrected chi connectivity index (χ0v) is 12.0. The number of nitrogens with one attached hydrogen (secondary N) is 1. The molecule has 0 spiro atoms. The van der Waals surface area contributed by atoms with E-state index >= 15 is 0 Å². The summed E-state index contributed by atoms with van der Waals surface area (Å²) in [6.45, 7) is 1.97. The lowest BCUT2D eigenvalue weighted by Gasteiger charge is -2.38. The van der Waals surface area contributed by atoms with Crippen molar-refractivity contribution < 1.29 is 13.2 Å². The van der Waals surface area contributed by atoms with E-state index in [9.17, 15) is 13.2 Å². The Bertz CT molecular complexity index is 442. The van der Waals surface area contributed by atoms with E-state index in [1.54, 1.807) is 7.05 Å². The molecule has 112 valence electrons. The highest BCUT2D eigenvalue weighted by Crippen LogP contribution is 2.46. The molecule has 1 aromatic carbocycles. The molecule has 0 heterocycles. The number of alkyl halides is 3. The van der Waals surface area contributed by atoms with Crippen LogP contribution in [0, 0.1) is 18.8 Å². The number of rotatable bonds is 3. The second-order valence-corrected chi connectivity index (χ2v) is 5.78. The van der Waals surface area contributed by atoms with Crippen LogP contribution in [0.4, 0.5) is 13.2 Å². The molecule has 0 saturated heterocycles. The lowest BCUT2D eigenvalue weighted by atomic mass is 9.73. The van der Waals surface area contributed by atoms with Crippen molar-refractivity contribution in [2.75, 3.05) is 7.05 Å². The third kappa shape index (κ3) is 3.35. The van der Waals surface area contributed by atoms with Crippen LogP contribution in [0.3, 0.4) is 0 Å². The first kappa shape index (κ1) is 15.4. The molecule has 1 fully saturated rings. The molecule has 1 N–H and O–H groups in total. The first-order chi connectivity index (χ1) is 9.43. The van der Waals surface area contributed by atoms with Crippen LogP contribution < -0.4 is 5.32 Å². The van der Waals surface area contributed by atoms with Crippen LogP contribution >= 0.6 is 0 Å². The van der Waals surface area contributed by atoms with Gasteiger partial charge in [-0.15, -0.1) is 0 Å². The minimum atomic E-state index is -4.09. The van der Waals surface area contributed by atoms with Gasteiger partial charge in [0.05, 0.1) is 5.92 Å². The monoisotopic (exact) mass is 285 g/mol. The standard InChI is InChI=1S/C16H22F3N/c1-11-6-5-7-12(10-11)15(20-2)13-8-3-4-9-14(13)16(17,18)19/h5-7,10,13-15,20H,3-4,8-9H2,1-2H3. The maximum Gasteiger partial charge on any atom is 0.392 e. The number of halogens is 3. The van der Waals surface area contributed by atoms with Crippen molar-refractivity contribution in [2.45, 2.75) is 44.8 Å². The van der Waals surface area contributed by atoms with Crippen LogP contribution in [0.2, 0.25) is 0 Å². The molecule has 4 heteroatoms. The number of hydrogen-bond donors (Lipinski definition) is 1. The van der Waals surface area contributed by atoms with Crippen LogP contribution in [-0.4, -0.2) is 13.2 Å². The quantitative estimate of drug-likeness (QED) is 0.854. The fourth-order valence-corrected chi connectivity index (χ4v) is 3.46. The summed E-state index contributed by atoms with van der Waals surface area (Å²) in [6, 6.07) is 7.58. The fraction of sp³-hybridized carbons (Fsp3) is 0.625. The zero-order chi connectivity index (χ0) is 14.8.